The third-order valence-electron chi connectivity index (χ3n) is 3.27. The number of nitrogen functional groups attached to an aromatic ring is 1. The number of nitrogens with one attached hydrogen (secondary N) is 1. The molecular weight excluding hydrogens is 267 g/mol. The average molecular weight is 286 g/mol. The number of halogens is 1. The lowest BCUT2D eigenvalue weighted by atomic mass is 9.87. The standard InChI is InChI=1S/C17H19FN2O/c1-17(2,3)11-4-7-13(8-5-11)20-16(21)14-10-12(18)6-9-15(14)19/h4-10H,19H2,1-3H3,(H,20,21). The van der Waals surface area contributed by atoms with E-state index in [1.807, 2.05) is 24.3 Å². The number of benzene rings is 2. The largest absolute Gasteiger partial charge is 0.398 e. The molecule has 0 unspecified atom stereocenters. The van der Waals surface area contributed by atoms with Crippen molar-refractivity contribution in [1.82, 2.24) is 0 Å². The minimum absolute atomic E-state index is 0.0511. The van der Waals surface area contributed by atoms with E-state index < -0.39 is 11.7 Å². The monoisotopic (exact) mass is 286 g/mol. The highest BCUT2D eigenvalue weighted by Crippen LogP contribution is 2.24. The van der Waals surface area contributed by atoms with E-state index in [2.05, 4.69) is 26.1 Å². The van der Waals surface area contributed by atoms with Crippen molar-refractivity contribution in [1.29, 1.82) is 0 Å². The summed E-state index contributed by atoms with van der Waals surface area (Å²) < 4.78 is 13.2. The topological polar surface area (TPSA) is 55.1 Å². The van der Waals surface area contributed by atoms with E-state index in [0.717, 1.165) is 6.07 Å². The maximum absolute atomic E-state index is 13.2. The molecular formula is C17H19FN2O. The summed E-state index contributed by atoms with van der Waals surface area (Å²) in [5.41, 5.74) is 7.95. The van der Waals surface area contributed by atoms with Crippen LogP contribution in [0.4, 0.5) is 15.8 Å². The van der Waals surface area contributed by atoms with Crippen molar-refractivity contribution in [3.63, 3.8) is 0 Å². The number of hydrogen-bond donors (Lipinski definition) is 2. The first kappa shape index (κ1) is 15.0. The minimum atomic E-state index is -0.488. The molecule has 0 saturated carbocycles. The Morgan fingerprint density at radius 3 is 2.29 bits per heavy atom. The molecule has 0 saturated heterocycles. The van der Waals surface area contributed by atoms with Crippen molar-refractivity contribution >= 4 is 17.3 Å². The van der Waals surface area contributed by atoms with Crippen LogP contribution in [0.2, 0.25) is 0 Å². The zero-order valence-electron chi connectivity index (χ0n) is 12.4. The predicted octanol–water partition coefficient (Wildman–Crippen LogP) is 3.96. The van der Waals surface area contributed by atoms with Gasteiger partial charge in [0.05, 0.1) is 5.56 Å². The molecule has 0 spiro atoms. The van der Waals surface area contributed by atoms with Gasteiger partial charge in [-0.3, -0.25) is 4.79 Å². The van der Waals surface area contributed by atoms with E-state index in [0.29, 0.717) is 5.69 Å². The average Bonchev–Trinajstić information content (AvgIpc) is 2.41. The van der Waals surface area contributed by atoms with Crippen LogP contribution in [-0.4, -0.2) is 5.91 Å². The molecule has 3 N–H and O–H groups in total. The summed E-state index contributed by atoms with van der Waals surface area (Å²) in [5.74, 6) is -0.909. The number of nitrogens with two attached hydrogens (primary N) is 1. The molecule has 0 atom stereocenters. The number of anilines is 2. The molecule has 3 nitrogen and oxygen atoms in total. The molecule has 0 aliphatic rings. The Labute approximate surface area is 124 Å². The molecule has 1 amide bonds. The van der Waals surface area contributed by atoms with Crippen molar-refractivity contribution < 1.29 is 9.18 Å². The summed E-state index contributed by atoms with van der Waals surface area (Å²) in [6.45, 7) is 6.36. The summed E-state index contributed by atoms with van der Waals surface area (Å²) in [5, 5.41) is 2.72. The van der Waals surface area contributed by atoms with Crippen LogP contribution in [0.1, 0.15) is 36.7 Å². The van der Waals surface area contributed by atoms with Crippen molar-refractivity contribution in [2.75, 3.05) is 11.1 Å². The maximum Gasteiger partial charge on any atom is 0.257 e. The molecule has 2 aromatic carbocycles. The fourth-order valence-corrected chi connectivity index (χ4v) is 1.98. The summed E-state index contributed by atoms with van der Waals surface area (Å²) >= 11 is 0. The quantitative estimate of drug-likeness (QED) is 0.821. The van der Waals surface area contributed by atoms with Gasteiger partial charge >= 0.3 is 0 Å². The first-order valence-corrected chi connectivity index (χ1v) is 6.74. The van der Waals surface area contributed by atoms with Crippen LogP contribution < -0.4 is 11.1 Å². The summed E-state index contributed by atoms with van der Waals surface area (Å²) in [6, 6.07) is 11.3. The normalized spacial score (nSPS) is 11.2. The van der Waals surface area contributed by atoms with Gasteiger partial charge in [0, 0.05) is 11.4 Å². The van der Waals surface area contributed by atoms with Crippen LogP contribution in [0.5, 0.6) is 0 Å². The molecule has 4 heteroatoms. The third-order valence-corrected chi connectivity index (χ3v) is 3.27. The van der Waals surface area contributed by atoms with E-state index >= 15 is 0 Å². The van der Waals surface area contributed by atoms with Gasteiger partial charge in [0.15, 0.2) is 0 Å². The zero-order chi connectivity index (χ0) is 15.6. The van der Waals surface area contributed by atoms with Gasteiger partial charge in [-0.25, -0.2) is 4.39 Å². The molecule has 0 radical (unpaired) electrons. The highest BCUT2D eigenvalue weighted by atomic mass is 19.1. The first-order chi connectivity index (χ1) is 9.77. The second kappa shape index (κ2) is 5.56. The SMILES string of the molecule is CC(C)(C)c1ccc(NC(=O)c2cc(F)ccc2N)cc1. The summed E-state index contributed by atoms with van der Waals surface area (Å²) in [4.78, 5) is 12.1. The van der Waals surface area contributed by atoms with Crippen molar-refractivity contribution in [2.45, 2.75) is 26.2 Å². The molecule has 0 bridgehead atoms. The van der Waals surface area contributed by atoms with Gasteiger partial charge in [0.1, 0.15) is 5.82 Å². The van der Waals surface area contributed by atoms with E-state index in [1.54, 1.807) is 0 Å². The van der Waals surface area contributed by atoms with E-state index in [1.165, 1.54) is 17.7 Å². The number of hydrogen-bond acceptors (Lipinski definition) is 2. The van der Waals surface area contributed by atoms with Crippen LogP contribution in [0, 0.1) is 5.82 Å². The zero-order valence-corrected chi connectivity index (χ0v) is 12.4. The molecule has 0 aliphatic heterocycles. The highest BCUT2D eigenvalue weighted by molar-refractivity contribution is 6.07. The number of amides is 1. The molecule has 2 aromatic rings. The number of carbonyl (C=O) groups excluding carboxylic acids is 1. The van der Waals surface area contributed by atoms with Gasteiger partial charge in [-0.1, -0.05) is 32.9 Å². The second-order valence-corrected chi connectivity index (χ2v) is 6.01. The van der Waals surface area contributed by atoms with Crippen LogP contribution in [-0.2, 0) is 5.41 Å². The van der Waals surface area contributed by atoms with Crippen molar-refractivity contribution in [2.24, 2.45) is 0 Å². The molecule has 0 heterocycles. The van der Waals surface area contributed by atoms with Crippen molar-refractivity contribution in [3.05, 3.63) is 59.4 Å². The number of rotatable bonds is 2. The lowest BCUT2D eigenvalue weighted by molar-refractivity contribution is 0.102. The first-order valence-electron chi connectivity index (χ1n) is 6.74. The Bertz CT molecular complexity index is 657. The van der Waals surface area contributed by atoms with Crippen molar-refractivity contribution in [3.8, 4) is 0 Å². The molecule has 2 rings (SSSR count). The highest BCUT2D eigenvalue weighted by Gasteiger charge is 2.14. The minimum Gasteiger partial charge on any atom is -0.398 e. The van der Waals surface area contributed by atoms with Crippen LogP contribution in [0.15, 0.2) is 42.5 Å². The van der Waals surface area contributed by atoms with Gasteiger partial charge in [0.25, 0.3) is 5.91 Å². The Morgan fingerprint density at radius 2 is 1.71 bits per heavy atom. The molecule has 0 aromatic heterocycles. The Morgan fingerprint density at radius 1 is 1.10 bits per heavy atom. The Kier molecular flexibility index (Phi) is 3.98. The second-order valence-electron chi connectivity index (χ2n) is 6.01. The van der Waals surface area contributed by atoms with Gasteiger partial charge in [-0.2, -0.15) is 0 Å². The van der Waals surface area contributed by atoms with Crippen LogP contribution in [0.25, 0.3) is 0 Å². The van der Waals surface area contributed by atoms with E-state index in [-0.39, 0.29) is 16.7 Å². The number of carbonyl (C=O) groups is 1. The van der Waals surface area contributed by atoms with Crippen LogP contribution >= 0.6 is 0 Å². The molecule has 0 aliphatic carbocycles. The van der Waals surface area contributed by atoms with E-state index in [9.17, 15) is 9.18 Å². The lowest BCUT2D eigenvalue weighted by Crippen LogP contribution is -2.15. The molecule has 0 fully saturated rings. The molecule has 110 valence electrons. The van der Waals surface area contributed by atoms with Gasteiger partial charge < -0.3 is 11.1 Å². The van der Waals surface area contributed by atoms with Crippen LogP contribution in [0.3, 0.4) is 0 Å². The van der Waals surface area contributed by atoms with Gasteiger partial charge in [-0.15, -0.1) is 0 Å². The third kappa shape index (κ3) is 3.60. The lowest BCUT2D eigenvalue weighted by Gasteiger charge is -2.19. The Balaban J connectivity index is 2.18. The summed E-state index contributed by atoms with van der Waals surface area (Å²) in [7, 11) is 0. The van der Waals surface area contributed by atoms with Gasteiger partial charge in [-0.05, 0) is 41.3 Å². The Hall–Kier alpha value is -2.36. The summed E-state index contributed by atoms with van der Waals surface area (Å²) in [6.07, 6.45) is 0. The predicted molar refractivity (Wildman–Crippen MR) is 83.9 cm³/mol. The fourth-order valence-electron chi connectivity index (χ4n) is 1.98. The maximum atomic E-state index is 13.2. The fraction of sp³-hybridized carbons (Fsp3) is 0.235. The van der Waals surface area contributed by atoms with E-state index in [4.69, 9.17) is 5.73 Å². The smallest absolute Gasteiger partial charge is 0.257 e. The van der Waals surface area contributed by atoms with Gasteiger partial charge in [0.2, 0.25) is 0 Å². The molecule has 21 heavy (non-hydrogen) atoms.